The fourth-order valence-corrected chi connectivity index (χ4v) is 5.63. The number of thioether (sulfide) groups is 1. The molecule has 1 aliphatic rings. The Balaban J connectivity index is 1.51. The van der Waals surface area contributed by atoms with Gasteiger partial charge in [0.05, 0.1) is 5.75 Å². The molecule has 1 N–H and O–H groups in total. The van der Waals surface area contributed by atoms with Crippen molar-refractivity contribution in [1.82, 2.24) is 14.9 Å². The average molecular weight is 598 g/mol. The molecule has 2 amide bonds. The molecule has 5 rings (SSSR count). The maximum Gasteiger partial charge on any atom is 0.251 e. The molecule has 3 aromatic carbocycles. The lowest BCUT2D eigenvalue weighted by Gasteiger charge is -2.32. The van der Waals surface area contributed by atoms with Gasteiger partial charge in [-0.05, 0) is 74.4 Å². The van der Waals surface area contributed by atoms with E-state index in [4.69, 9.17) is 9.47 Å². The molecule has 0 unspecified atom stereocenters. The van der Waals surface area contributed by atoms with Crippen molar-refractivity contribution < 1.29 is 19.1 Å². The summed E-state index contributed by atoms with van der Waals surface area (Å²) in [6.45, 7) is 6.13. The summed E-state index contributed by atoms with van der Waals surface area (Å²) in [5.74, 6) is 0.617. The van der Waals surface area contributed by atoms with Gasteiger partial charge in [-0.2, -0.15) is 0 Å². The van der Waals surface area contributed by atoms with Crippen molar-refractivity contribution in [2.24, 2.45) is 0 Å². The van der Waals surface area contributed by atoms with E-state index < -0.39 is 6.04 Å². The quantitative estimate of drug-likeness (QED) is 0.184. The molecule has 222 valence electrons. The summed E-state index contributed by atoms with van der Waals surface area (Å²) in [7, 11) is 3.91. The summed E-state index contributed by atoms with van der Waals surface area (Å²) in [6, 6.07) is 21.8. The Morgan fingerprint density at radius 1 is 0.884 bits per heavy atom. The van der Waals surface area contributed by atoms with E-state index in [1.54, 1.807) is 17.0 Å². The number of aromatic nitrogens is 2. The van der Waals surface area contributed by atoms with Crippen LogP contribution in [0.4, 0.5) is 11.4 Å². The summed E-state index contributed by atoms with van der Waals surface area (Å²) in [5, 5.41) is 3.56. The summed E-state index contributed by atoms with van der Waals surface area (Å²) < 4.78 is 11.2. The molecule has 1 atom stereocenters. The maximum atomic E-state index is 14.2. The predicted molar refractivity (Wildman–Crippen MR) is 169 cm³/mol. The van der Waals surface area contributed by atoms with Crippen LogP contribution in [0.2, 0.25) is 0 Å². The van der Waals surface area contributed by atoms with Crippen LogP contribution in [0.1, 0.15) is 34.1 Å². The number of anilines is 2. The van der Waals surface area contributed by atoms with Gasteiger partial charge in [0.25, 0.3) is 5.91 Å². The van der Waals surface area contributed by atoms with Crippen LogP contribution < -0.4 is 19.7 Å². The predicted octanol–water partition coefficient (Wildman–Crippen LogP) is 5.70. The molecule has 43 heavy (non-hydrogen) atoms. The van der Waals surface area contributed by atoms with Crippen molar-refractivity contribution in [1.29, 1.82) is 0 Å². The Morgan fingerprint density at radius 2 is 1.56 bits per heavy atom. The van der Waals surface area contributed by atoms with Crippen LogP contribution in [0, 0.1) is 20.8 Å². The SMILES string of the molecule is Cc1ccc(CN(C(=O)CSc2nc(C)cc(C)n2)[C@@H](C(=O)Nc2ccc(N(C)C)cc2)c2ccc3c(c2)OCO3)cc1. The summed E-state index contributed by atoms with van der Waals surface area (Å²) in [5.41, 5.74) is 5.92. The van der Waals surface area contributed by atoms with E-state index in [0.717, 1.165) is 28.2 Å². The molecule has 1 aromatic heterocycles. The van der Waals surface area contributed by atoms with Gasteiger partial charge in [-0.3, -0.25) is 9.59 Å². The van der Waals surface area contributed by atoms with Gasteiger partial charge in [-0.15, -0.1) is 0 Å². The Morgan fingerprint density at radius 3 is 2.23 bits per heavy atom. The first-order chi connectivity index (χ1) is 20.7. The molecule has 1 aliphatic heterocycles. The number of aryl methyl sites for hydroxylation is 3. The lowest BCUT2D eigenvalue weighted by Crippen LogP contribution is -2.41. The van der Waals surface area contributed by atoms with E-state index in [-0.39, 0.29) is 30.9 Å². The summed E-state index contributed by atoms with van der Waals surface area (Å²) in [6.07, 6.45) is 0. The van der Waals surface area contributed by atoms with Gasteiger partial charge >= 0.3 is 0 Å². The number of ether oxygens (including phenoxy) is 2. The monoisotopic (exact) mass is 597 g/mol. The zero-order valence-electron chi connectivity index (χ0n) is 25.0. The fraction of sp³-hybridized carbons (Fsp3) is 0.273. The minimum Gasteiger partial charge on any atom is -0.454 e. The third kappa shape index (κ3) is 7.45. The second kappa shape index (κ2) is 13.2. The van der Waals surface area contributed by atoms with E-state index >= 15 is 0 Å². The Kier molecular flexibility index (Phi) is 9.16. The van der Waals surface area contributed by atoms with E-state index in [0.29, 0.717) is 27.9 Å². The number of amides is 2. The molecule has 9 nitrogen and oxygen atoms in total. The first kappa shape index (κ1) is 29.9. The van der Waals surface area contributed by atoms with Crippen LogP contribution in [-0.2, 0) is 16.1 Å². The fourth-order valence-electron chi connectivity index (χ4n) is 4.79. The number of carbonyl (C=O) groups is 2. The van der Waals surface area contributed by atoms with Crippen molar-refractivity contribution in [2.45, 2.75) is 38.5 Å². The maximum absolute atomic E-state index is 14.2. The molecule has 0 bridgehead atoms. The molecule has 4 aromatic rings. The van der Waals surface area contributed by atoms with Crippen molar-refractivity contribution >= 4 is 35.0 Å². The van der Waals surface area contributed by atoms with Crippen LogP contribution >= 0.6 is 11.8 Å². The Bertz CT molecular complexity index is 1590. The van der Waals surface area contributed by atoms with Crippen molar-refractivity contribution in [3.8, 4) is 11.5 Å². The van der Waals surface area contributed by atoms with Crippen molar-refractivity contribution in [3.63, 3.8) is 0 Å². The first-order valence-electron chi connectivity index (χ1n) is 13.9. The largest absolute Gasteiger partial charge is 0.454 e. The van der Waals surface area contributed by atoms with Gasteiger partial charge < -0.3 is 24.6 Å². The lowest BCUT2D eigenvalue weighted by atomic mass is 10.0. The smallest absolute Gasteiger partial charge is 0.251 e. The molecule has 0 fully saturated rings. The first-order valence-corrected chi connectivity index (χ1v) is 14.9. The van der Waals surface area contributed by atoms with E-state index in [1.165, 1.54) is 11.8 Å². The minimum absolute atomic E-state index is 0.0562. The number of carbonyl (C=O) groups excluding carboxylic acids is 2. The van der Waals surface area contributed by atoms with Crippen LogP contribution in [0.3, 0.4) is 0 Å². The number of rotatable bonds is 10. The van der Waals surface area contributed by atoms with E-state index in [1.807, 2.05) is 100 Å². The van der Waals surface area contributed by atoms with Gasteiger partial charge in [-0.25, -0.2) is 9.97 Å². The molecule has 0 aliphatic carbocycles. The molecular weight excluding hydrogens is 562 g/mol. The molecule has 0 saturated carbocycles. The number of benzene rings is 3. The number of nitrogens with one attached hydrogen (secondary N) is 1. The summed E-state index contributed by atoms with van der Waals surface area (Å²) in [4.78, 5) is 40.8. The van der Waals surface area contributed by atoms with Crippen LogP contribution in [0.5, 0.6) is 11.5 Å². The summed E-state index contributed by atoms with van der Waals surface area (Å²) >= 11 is 1.26. The zero-order chi connectivity index (χ0) is 30.5. The van der Waals surface area contributed by atoms with E-state index in [9.17, 15) is 9.59 Å². The molecular formula is C33H35N5O4S. The second-order valence-electron chi connectivity index (χ2n) is 10.7. The van der Waals surface area contributed by atoms with Crippen LogP contribution in [0.15, 0.2) is 78.0 Å². The van der Waals surface area contributed by atoms with E-state index in [2.05, 4.69) is 15.3 Å². The number of nitrogens with zero attached hydrogens (tertiary/aromatic N) is 4. The van der Waals surface area contributed by atoms with Crippen LogP contribution in [0.25, 0.3) is 0 Å². The van der Waals surface area contributed by atoms with Crippen LogP contribution in [-0.4, -0.2) is 53.3 Å². The average Bonchev–Trinajstić information content (AvgIpc) is 3.45. The van der Waals surface area contributed by atoms with Gasteiger partial charge in [-0.1, -0.05) is 47.7 Å². The lowest BCUT2D eigenvalue weighted by molar-refractivity contribution is -0.137. The third-order valence-corrected chi connectivity index (χ3v) is 7.84. The second-order valence-corrected chi connectivity index (χ2v) is 11.6. The Labute approximate surface area is 256 Å². The molecule has 2 heterocycles. The van der Waals surface area contributed by atoms with Gasteiger partial charge in [0.1, 0.15) is 6.04 Å². The normalized spacial score (nSPS) is 12.5. The highest BCUT2D eigenvalue weighted by molar-refractivity contribution is 7.99. The number of hydrogen-bond donors (Lipinski definition) is 1. The molecule has 10 heteroatoms. The van der Waals surface area contributed by atoms with Gasteiger partial charge in [0.2, 0.25) is 12.7 Å². The van der Waals surface area contributed by atoms with Gasteiger partial charge in [0, 0.05) is 43.4 Å². The number of fused-ring (bicyclic) bond motifs is 1. The van der Waals surface area contributed by atoms with Gasteiger partial charge in [0.15, 0.2) is 16.7 Å². The van der Waals surface area contributed by atoms with Crippen molar-refractivity contribution in [3.05, 3.63) is 101 Å². The highest BCUT2D eigenvalue weighted by atomic mass is 32.2. The zero-order valence-corrected chi connectivity index (χ0v) is 25.8. The highest BCUT2D eigenvalue weighted by Gasteiger charge is 2.33. The third-order valence-electron chi connectivity index (χ3n) is 7.00. The molecule has 0 spiro atoms. The number of hydrogen-bond acceptors (Lipinski definition) is 8. The Hall–Kier alpha value is -4.57. The highest BCUT2D eigenvalue weighted by Crippen LogP contribution is 2.37. The standard InChI is InChI=1S/C33H35N5O4S/c1-21-6-8-24(9-7-21)18-38(30(39)19-43-33-34-22(2)16-23(3)35-33)31(25-10-15-28-29(17-25)42-20-41-28)32(40)36-26-11-13-27(14-12-26)37(4)5/h6-17,31H,18-20H2,1-5H3,(H,36,40)/t31-/m1/s1. The topological polar surface area (TPSA) is 96.9 Å². The molecule has 0 saturated heterocycles. The van der Waals surface area contributed by atoms with Crippen molar-refractivity contribution in [2.75, 3.05) is 36.9 Å². The molecule has 0 radical (unpaired) electrons. The minimum atomic E-state index is -0.961.